The minimum Gasteiger partial charge on any atom is -0.469 e. The van der Waals surface area contributed by atoms with Crippen molar-refractivity contribution >= 4 is 35.0 Å². The Morgan fingerprint density at radius 1 is 1.09 bits per heavy atom. The van der Waals surface area contributed by atoms with Gasteiger partial charge in [-0.15, -0.1) is 10.2 Å². The van der Waals surface area contributed by atoms with Gasteiger partial charge in [-0.05, 0) is 44.2 Å². The van der Waals surface area contributed by atoms with E-state index in [1.54, 1.807) is 12.3 Å². The van der Waals surface area contributed by atoms with Gasteiger partial charge in [-0.1, -0.05) is 42.1 Å². The van der Waals surface area contributed by atoms with Crippen molar-refractivity contribution in [2.24, 2.45) is 0 Å². The van der Waals surface area contributed by atoms with Gasteiger partial charge in [0.15, 0.2) is 11.0 Å². The number of furan rings is 1. The molecule has 166 valence electrons. The monoisotopic (exact) mass is 459 g/mol. The second-order valence-electron chi connectivity index (χ2n) is 7.62. The van der Waals surface area contributed by atoms with Crippen LogP contribution in [0.4, 0.5) is 11.4 Å². The van der Waals surface area contributed by atoms with Crippen molar-refractivity contribution in [1.29, 1.82) is 0 Å². The first-order chi connectivity index (χ1) is 16.0. The third-order valence-corrected chi connectivity index (χ3v) is 6.44. The van der Waals surface area contributed by atoms with E-state index in [4.69, 9.17) is 4.42 Å². The number of aromatic nitrogens is 3. The van der Waals surface area contributed by atoms with Crippen LogP contribution in [0.3, 0.4) is 0 Å². The first kappa shape index (κ1) is 21.0. The lowest BCUT2D eigenvalue weighted by Crippen LogP contribution is -2.45. The van der Waals surface area contributed by atoms with Crippen LogP contribution in [0, 0.1) is 6.92 Å². The van der Waals surface area contributed by atoms with Gasteiger partial charge in [0.2, 0.25) is 11.8 Å². The third-order valence-electron chi connectivity index (χ3n) is 5.41. The summed E-state index contributed by atoms with van der Waals surface area (Å²) in [5.41, 5.74) is 3.03. The highest BCUT2D eigenvalue weighted by atomic mass is 32.2. The summed E-state index contributed by atoms with van der Waals surface area (Å²) in [6, 6.07) is 18.9. The smallest absolute Gasteiger partial charge is 0.244 e. The number of para-hydroxylation sites is 3. The molecule has 33 heavy (non-hydrogen) atoms. The predicted octanol–water partition coefficient (Wildman–Crippen LogP) is 4.30. The summed E-state index contributed by atoms with van der Waals surface area (Å²) in [7, 11) is 0. The second-order valence-corrected chi connectivity index (χ2v) is 8.93. The lowest BCUT2D eigenvalue weighted by molar-refractivity contribution is -0.121. The van der Waals surface area contributed by atoms with Crippen LogP contribution in [0.15, 0.2) is 76.5 Å². The third kappa shape index (κ3) is 3.91. The average molecular weight is 460 g/mol. The van der Waals surface area contributed by atoms with Gasteiger partial charge in [-0.2, -0.15) is 0 Å². The van der Waals surface area contributed by atoms with Crippen LogP contribution in [0.2, 0.25) is 0 Å². The SMILES string of the molecule is Cc1occc1-c1nnc(S[C@H](C)C(=O)N2CC(=O)Nc3ccccc32)n1-c1ccccc1. The number of fused-ring (bicyclic) bond motifs is 1. The second kappa shape index (κ2) is 8.59. The highest BCUT2D eigenvalue weighted by Crippen LogP contribution is 2.34. The number of amides is 2. The van der Waals surface area contributed by atoms with Crippen molar-refractivity contribution in [1.82, 2.24) is 14.8 Å². The largest absolute Gasteiger partial charge is 0.469 e. The lowest BCUT2D eigenvalue weighted by Gasteiger charge is -2.30. The van der Waals surface area contributed by atoms with Crippen molar-refractivity contribution in [2.75, 3.05) is 16.8 Å². The molecule has 0 aliphatic carbocycles. The number of benzene rings is 2. The fourth-order valence-electron chi connectivity index (χ4n) is 3.81. The molecule has 0 bridgehead atoms. The number of hydrogen-bond donors (Lipinski definition) is 1. The number of rotatable bonds is 5. The molecule has 5 rings (SSSR count). The molecule has 2 aromatic heterocycles. The maximum atomic E-state index is 13.4. The zero-order valence-corrected chi connectivity index (χ0v) is 18.9. The number of carbonyl (C=O) groups excluding carboxylic acids is 2. The molecule has 1 N–H and O–H groups in total. The van der Waals surface area contributed by atoms with Crippen molar-refractivity contribution in [2.45, 2.75) is 24.3 Å². The molecule has 1 atom stereocenters. The highest BCUT2D eigenvalue weighted by Gasteiger charge is 2.31. The molecule has 0 radical (unpaired) electrons. The van der Waals surface area contributed by atoms with Gasteiger partial charge in [0.05, 0.1) is 28.5 Å². The Balaban J connectivity index is 1.49. The molecule has 1 aliphatic heterocycles. The number of aryl methyl sites for hydroxylation is 1. The van der Waals surface area contributed by atoms with Crippen LogP contribution in [-0.4, -0.2) is 38.4 Å². The van der Waals surface area contributed by atoms with Gasteiger partial charge in [-0.3, -0.25) is 19.1 Å². The molecule has 0 saturated carbocycles. The van der Waals surface area contributed by atoms with Gasteiger partial charge < -0.3 is 9.73 Å². The molecule has 2 amide bonds. The Labute approximate surface area is 194 Å². The van der Waals surface area contributed by atoms with Crippen molar-refractivity contribution < 1.29 is 14.0 Å². The van der Waals surface area contributed by atoms with Gasteiger partial charge in [0.1, 0.15) is 12.3 Å². The van der Waals surface area contributed by atoms with Crippen LogP contribution in [0.25, 0.3) is 17.1 Å². The minimum absolute atomic E-state index is 0.0222. The maximum absolute atomic E-state index is 13.4. The molecule has 1 aliphatic rings. The summed E-state index contributed by atoms with van der Waals surface area (Å²) >= 11 is 1.30. The normalized spacial score (nSPS) is 14.0. The number of nitrogens with zero attached hydrogens (tertiary/aromatic N) is 4. The Bertz CT molecular complexity index is 1330. The first-order valence-corrected chi connectivity index (χ1v) is 11.3. The first-order valence-electron chi connectivity index (χ1n) is 10.4. The van der Waals surface area contributed by atoms with E-state index in [9.17, 15) is 9.59 Å². The van der Waals surface area contributed by atoms with Crippen LogP contribution >= 0.6 is 11.8 Å². The molecule has 0 fully saturated rings. The van der Waals surface area contributed by atoms with E-state index in [2.05, 4.69) is 15.5 Å². The van der Waals surface area contributed by atoms with Crippen molar-refractivity contribution in [3.63, 3.8) is 0 Å². The van der Waals surface area contributed by atoms with E-state index in [-0.39, 0.29) is 18.4 Å². The van der Waals surface area contributed by atoms with Crippen molar-refractivity contribution in [3.8, 4) is 17.1 Å². The molecule has 9 heteroatoms. The Hall–Kier alpha value is -3.85. The van der Waals surface area contributed by atoms with Gasteiger partial charge in [-0.25, -0.2) is 0 Å². The van der Waals surface area contributed by atoms with E-state index in [0.717, 1.165) is 17.0 Å². The molecule has 4 aromatic rings. The molecular weight excluding hydrogens is 438 g/mol. The summed E-state index contributed by atoms with van der Waals surface area (Å²) in [4.78, 5) is 27.1. The highest BCUT2D eigenvalue weighted by molar-refractivity contribution is 8.00. The van der Waals surface area contributed by atoms with Gasteiger partial charge in [0.25, 0.3) is 0 Å². The maximum Gasteiger partial charge on any atom is 0.244 e. The topological polar surface area (TPSA) is 93.3 Å². The van der Waals surface area contributed by atoms with Crippen LogP contribution < -0.4 is 10.2 Å². The Kier molecular flexibility index (Phi) is 5.47. The summed E-state index contributed by atoms with van der Waals surface area (Å²) in [5, 5.41) is 11.7. The molecule has 3 heterocycles. The van der Waals surface area contributed by atoms with Crippen LogP contribution in [0.5, 0.6) is 0 Å². The molecular formula is C24H21N5O3S. The number of anilines is 2. The molecule has 8 nitrogen and oxygen atoms in total. The molecule has 0 saturated heterocycles. The van der Waals surface area contributed by atoms with E-state index in [0.29, 0.717) is 22.4 Å². The molecule has 2 aromatic carbocycles. The quantitative estimate of drug-likeness (QED) is 0.447. The number of carbonyl (C=O) groups is 2. The Morgan fingerprint density at radius 2 is 1.85 bits per heavy atom. The summed E-state index contributed by atoms with van der Waals surface area (Å²) in [6.07, 6.45) is 1.62. The summed E-state index contributed by atoms with van der Waals surface area (Å²) in [6.45, 7) is 3.66. The van der Waals surface area contributed by atoms with E-state index < -0.39 is 5.25 Å². The molecule has 0 unspecified atom stereocenters. The molecule has 0 spiro atoms. The van der Waals surface area contributed by atoms with Gasteiger partial charge in [0, 0.05) is 5.69 Å². The number of nitrogens with one attached hydrogen (secondary N) is 1. The zero-order chi connectivity index (χ0) is 22.9. The van der Waals surface area contributed by atoms with E-state index in [1.165, 1.54) is 16.7 Å². The van der Waals surface area contributed by atoms with E-state index >= 15 is 0 Å². The van der Waals surface area contributed by atoms with Crippen molar-refractivity contribution in [3.05, 3.63) is 72.7 Å². The van der Waals surface area contributed by atoms with Gasteiger partial charge >= 0.3 is 0 Å². The Morgan fingerprint density at radius 3 is 2.61 bits per heavy atom. The summed E-state index contributed by atoms with van der Waals surface area (Å²) < 4.78 is 7.39. The minimum atomic E-state index is -0.506. The number of thioether (sulfide) groups is 1. The predicted molar refractivity (Wildman–Crippen MR) is 127 cm³/mol. The average Bonchev–Trinajstić information content (AvgIpc) is 3.44. The fraction of sp³-hybridized carbons (Fsp3) is 0.167. The lowest BCUT2D eigenvalue weighted by atomic mass is 10.2. The number of hydrogen-bond acceptors (Lipinski definition) is 6. The fourth-order valence-corrected chi connectivity index (χ4v) is 4.73. The van der Waals surface area contributed by atoms with Crippen LogP contribution in [-0.2, 0) is 9.59 Å². The van der Waals surface area contributed by atoms with Crippen LogP contribution in [0.1, 0.15) is 12.7 Å². The zero-order valence-electron chi connectivity index (χ0n) is 18.1. The standard InChI is InChI=1S/C24H21N5O3S/c1-15-18(12-13-32-15)22-26-27-24(29(22)17-8-4-3-5-9-17)33-16(2)23(31)28-14-21(30)25-19-10-6-7-11-20(19)28/h3-13,16H,14H2,1-2H3,(H,25,30)/t16-/m1/s1. The van der Waals surface area contributed by atoms with E-state index in [1.807, 2.05) is 73.0 Å². The summed E-state index contributed by atoms with van der Waals surface area (Å²) in [5.74, 6) is 0.976.